The highest BCUT2D eigenvalue weighted by Gasteiger charge is 2.23. The van der Waals surface area contributed by atoms with Gasteiger partial charge in [0.1, 0.15) is 0 Å². The Bertz CT molecular complexity index is 3990. The van der Waals surface area contributed by atoms with Gasteiger partial charge in [0.25, 0.3) is 0 Å². The minimum absolute atomic E-state index is 1.10. The molecule has 0 spiro atoms. The lowest BCUT2D eigenvalue weighted by Gasteiger charge is -2.30. The summed E-state index contributed by atoms with van der Waals surface area (Å²) in [6.07, 6.45) is 0. The number of hydrogen-bond acceptors (Lipinski definition) is 2. The molecule has 0 fully saturated rings. The van der Waals surface area contributed by atoms with E-state index in [9.17, 15) is 0 Å². The van der Waals surface area contributed by atoms with Crippen molar-refractivity contribution in [3.05, 3.63) is 249 Å². The summed E-state index contributed by atoms with van der Waals surface area (Å²) in [5.41, 5.74) is 12.9. The Morgan fingerprint density at radius 3 is 1.76 bits per heavy atom. The van der Waals surface area contributed by atoms with E-state index in [2.05, 4.69) is 254 Å². The average Bonchev–Trinajstić information content (AvgIpc) is 3.78. The molecule has 13 aromatic rings. The molecular formula is C64H41NS. The Balaban J connectivity index is 1.02. The van der Waals surface area contributed by atoms with Crippen LogP contribution in [0.3, 0.4) is 0 Å². The number of nitrogens with zero attached hydrogens (tertiary/aromatic N) is 1. The normalized spacial score (nSPS) is 11.6. The number of rotatable bonds is 7. The highest BCUT2D eigenvalue weighted by molar-refractivity contribution is 7.26. The summed E-state index contributed by atoms with van der Waals surface area (Å²) >= 11 is 1.89. The molecule has 0 saturated carbocycles. The van der Waals surface area contributed by atoms with Gasteiger partial charge < -0.3 is 4.90 Å². The van der Waals surface area contributed by atoms with Crippen LogP contribution >= 0.6 is 11.3 Å². The molecule has 1 heterocycles. The summed E-state index contributed by atoms with van der Waals surface area (Å²) in [4.78, 5) is 2.51. The molecule has 0 radical (unpaired) electrons. The zero-order valence-corrected chi connectivity index (χ0v) is 36.8. The maximum Gasteiger partial charge on any atom is 0.0554 e. The predicted molar refractivity (Wildman–Crippen MR) is 286 cm³/mol. The molecule has 0 aliphatic rings. The van der Waals surface area contributed by atoms with E-state index >= 15 is 0 Å². The molecule has 0 atom stereocenters. The van der Waals surface area contributed by atoms with Crippen molar-refractivity contribution >= 4 is 91.7 Å². The molecule has 1 aromatic heterocycles. The molecule has 2 heteroatoms. The van der Waals surface area contributed by atoms with Crippen LogP contribution in [0.1, 0.15) is 0 Å². The van der Waals surface area contributed by atoms with Gasteiger partial charge in [0.15, 0.2) is 0 Å². The fourth-order valence-electron chi connectivity index (χ4n) is 10.3. The van der Waals surface area contributed by atoms with E-state index in [4.69, 9.17) is 0 Å². The first-order valence-electron chi connectivity index (χ1n) is 22.7. The number of hydrogen-bond donors (Lipinski definition) is 0. The molecule has 13 rings (SSSR count). The van der Waals surface area contributed by atoms with Gasteiger partial charge in [-0.15, -0.1) is 11.3 Å². The summed E-state index contributed by atoms with van der Waals surface area (Å²) in [5.74, 6) is 0. The quantitative estimate of drug-likeness (QED) is 0.144. The van der Waals surface area contributed by atoms with Gasteiger partial charge >= 0.3 is 0 Å². The highest BCUT2D eigenvalue weighted by Crippen LogP contribution is 2.49. The fourth-order valence-corrected chi connectivity index (χ4v) is 11.6. The van der Waals surface area contributed by atoms with Crippen molar-refractivity contribution in [2.75, 3.05) is 4.90 Å². The fraction of sp³-hybridized carbons (Fsp3) is 0. The Morgan fingerprint density at radius 2 is 0.894 bits per heavy atom. The van der Waals surface area contributed by atoms with E-state index in [1.54, 1.807) is 0 Å². The van der Waals surface area contributed by atoms with Gasteiger partial charge in [-0.05, 0) is 119 Å². The van der Waals surface area contributed by atoms with Crippen LogP contribution in [-0.4, -0.2) is 0 Å². The van der Waals surface area contributed by atoms with Gasteiger partial charge in [-0.2, -0.15) is 0 Å². The van der Waals surface area contributed by atoms with E-state index in [0.717, 1.165) is 22.6 Å². The molecule has 66 heavy (non-hydrogen) atoms. The average molecular weight is 856 g/mol. The molecule has 0 bridgehead atoms. The Kier molecular flexibility index (Phi) is 9.11. The summed E-state index contributed by atoms with van der Waals surface area (Å²) in [6, 6.07) is 91.6. The second kappa shape index (κ2) is 15.7. The van der Waals surface area contributed by atoms with E-state index < -0.39 is 0 Å². The SMILES string of the molecule is c1ccc(-c2cc(-c3cccc4ccccc34)ccc2N(c2cccc(-c3ccc(-c4cc5ccccc5c5ccccc45)cc3)c2)c2cccc3ccc4c5ccccc5sc4c23)cc1. The summed E-state index contributed by atoms with van der Waals surface area (Å²) < 4.78 is 2.60. The number of anilines is 3. The first-order chi connectivity index (χ1) is 32.7. The van der Waals surface area contributed by atoms with Crippen molar-refractivity contribution in [1.82, 2.24) is 0 Å². The topological polar surface area (TPSA) is 3.24 Å². The minimum Gasteiger partial charge on any atom is -0.309 e. The van der Waals surface area contributed by atoms with E-state index in [0.29, 0.717) is 0 Å². The maximum atomic E-state index is 2.51. The summed E-state index contributed by atoms with van der Waals surface area (Å²) in [6.45, 7) is 0. The van der Waals surface area contributed by atoms with E-state index in [1.807, 2.05) is 11.3 Å². The van der Waals surface area contributed by atoms with Crippen molar-refractivity contribution in [3.63, 3.8) is 0 Å². The lowest BCUT2D eigenvalue weighted by Crippen LogP contribution is -2.12. The van der Waals surface area contributed by atoms with Crippen LogP contribution < -0.4 is 4.90 Å². The third-order valence-corrected chi connectivity index (χ3v) is 14.6. The summed E-state index contributed by atoms with van der Waals surface area (Å²) in [5, 5.41) is 12.6. The molecule has 0 aliphatic carbocycles. The zero-order valence-electron chi connectivity index (χ0n) is 36.0. The van der Waals surface area contributed by atoms with Gasteiger partial charge in [-0.25, -0.2) is 0 Å². The zero-order chi connectivity index (χ0) is 43.6. The van der Waals surface area contributed by atoms with Crippen molar-refractivity contribution in [3.8, 4) is 44.5 Å². The second-order valence-electron chi connectivity index (χ2n) is 17.2. The number of thiophene rings is 1. The Morgan fingerprint density at radius 1 is 0.273 bits per heavy atom. The van der Waals surface area contributed by atoms with Crippen LogP contribution in [0, 0.1) is 0 Å². The monoisotopic (exact) mass is 855 g/mol. The van der Waals surface area contributed by atoms with Crippen LogP contribution in [0.5, 0.6) is 0 Å². The number of benzene rings is 12. The molecule has 0 aliphatic heterocycles. The van der Waals surface area contributed by atoms with Crippen LogP contribution in [-0.2, 0) is 0 Å². The second-order valence-corrected chi connectivity index (χ2v) is 18.2. The standard InChI is InChI=1S/C64H41NS/c1-2-15-44(16-3-1)59-41-49(52-28-13-19-43-17-4-6-23-51(43)52)36-38-60(59)65(61-29-14-20-46-35-37-57-56-27-10-11-30-62(56)66-64(57)63(46)61)50-22-12-21-47(39-50)42-31-33-45(34-32-42)58-40-48-18-5-7-24-53(48)54-25-8-9-26-55(54)58/h1-41H. The molecule has 12 aromatic carbocycles. The third-order valence-electron chi connectivity index (χ3n) is 13.4. The lowest BCUT2D eigenvalue weighted by molar-refractivity contribution is 1.30. The maximum absolute atomic E-state index is 2.51. The summed E-state index contributed by atoms with van der Waals surface area (Å²) in [7, 11) is 0. The van der Waals surface area contributed by atoms with Crippen molar-refractivity contribution in [2.45, 2.75) is 0 Å². The minimum atomic E-state index is 1.10. The molecule has 0 N–H and O–H groups in total. The van der Waals surface area contributed by atoms with Gasteiger partial charge in [0.05, 0.1) is 11.4 Å². The molecule has 308 valence electrons. The van der Waals surface area contributed by atoms with Crippen molar-refractivity contribution in [1.29, 1.82) is 0 Å². The van der Waals surface area contributed by atoms with Crippen LogP contribution in [0.15, 0.2) is 249 Å². The molecule has 0 saturated heterocycles. The first kappa shape index (κ1) is 38.2. The van der Waals surface area contributed by atoms with Crippen LogP contribution in [0.4, 0.5) is 17.1 Å². The van der Waals surface area contributed by atoms with Crippen molar-refractivity contribution in [2.24, 2.45) is 0 Å². The molecule has 0 unspecified atom stereocenters. The van der Waals surface area contributed by atoms with Gasteiger partial charge in [0.2, 0.25) is 0 Å². The lowest BCUT2D eigenvalue weighted by atomic mass is 9.92. The largest absolute Gasteiger partial charge is 0.309 e. The van der Waals surface area contributed by atoms with E-state index in [1.165, 1.54) is 102 Å². The predicted octanol–water partition coefficient (Wildman–Crippen LogP) is 18.8. The smallest absolute Gasteiger partial charge is 0.0554 e. The Labute approximate surface area is 387 Å². The molecular weight excluding hydrogens is 815 g/mol. The van der Waals surface area contributed by atoms with Gasteiger partial charge in [-0.1, -0.05) is 206 Å². The molecule has 0 amide bonds. The molecule has 1 nitrogen and oxygen atoms in total. The highest BCUT2D eigenvalue weighted by atomic mass is 32.1. The van der Waals surface area contributed by atoms with Crippen molar-refractivity contribution < 1.29 is 0 Å². The van der Waals surface area contributed by atoms with E-state index in [-0.39, 0.29) is 0 Å². The third kappa shape index (κ3) is 6.37. The Hall–Kier alpha value is -8.30. The van der Waals surface area contributed by atoms with Crippen LogP contribution in [0.25, 0.3) is 108 Å². The van der Waals surface area contributed by atoms with Crippen LogP contribution in [0.2, 0.25) is 0 Å². The first-order valence-corrected chi connectivity index (χ1v) is 23.5. The van der Waals surface area contributed by atoms with Gasteiger partial charge in [-0.3, -0.25) is 0 Å². The number of fused-ring (bicyclic) bond motifs is 9. The van der Waals surface area contributed by atoms with Gasteiger partial charge in [0, 0.05) is 36.8 Å².